The summed E-state index contributed by atoms with van der Waals surface area (Å²) in [6.07, 6.45) is 1.07. The van der Waals surface area contributed by atoms with Crippen LogP contribution in [-0.2, 0) is 0 Å². The Kier molecular flexibility index (Phi) is 5.04. The predicted molar refractivity (Wildman–Crippen MR) is 100 cm³/mol. The number of aliphatic hydroxyl groups is 1. The lowest BCUT2D eigenvalue weighted by molar-refractivity contribution is 0.0523. The number of aliphatic hydroxyl groups excluding tert-OH is 1. The molecule has 2 aromatic heterocycles. The number of β-amino-alcohol motifs (C(OH)–C–C–N with tert-alkyl or cyclic N) is 1. The predicted octanol–water partition coefficient (Wildman–Crippen LogP) is 2.16. The highest BCUT2D eigenvalue weighted by molar-refractivity contribution is 5.93. The van der Waals surface area contributed by atoms with Crippen molar-refractivity contribution in [1.29, 1.82) is 0 Å². The van der Waals surface area contributed by atoms with Crippen molar-refractivity contribution in [2.24, 2.45) is 0 Å². The Morgan fingerprint density at radius 2 is 1.93 bits per heavy atom. The molecule has 2 N–H and O–H groups in total. The van der Waals surface area contributed by atoms with E-state index in [-0.39, 0.29) is 5.91 Å². The summed E-state index contributed by atoms with van der Waals surface area (Å²) < 4.78 is 5.32. The van der Waals surface area contributed by atoms with E-state index in [1.165, 1.54) is 0 Å². The van der Waals surface area contributed by atoms with Gasteiger partial charge in [0.15, 0.2) is 11.5 Å². The number of benzene rings is 1. The lowest BCUT2D eigenvalue weighted by Gasteiger charge is -2.35. The molecule has 7 nitrogen and oxygen atoms in total. The average molecular weight is 366 g/mol. The molecular weight excluding hydrogens is 344 g/mol. The minimum atomic E-state index is -0.518. The number of hydrogen-bond donors (Lipinski definition) is 2. The third-order valence-corrected chi connectivity index (χ3v) is 4.86. The summed E-state index contributed by atoms with van der Waals surface area (Å²) in [4.78, 5) is 16.7. The van der Waals surface area contributed by atoms with Crippen LogP contribution >= 0.6 is 0 Å². The summed E-state index contributed by atoms with van der Waals surface area (Å²) in [6, 6.07) is 15.0. The van der Waals surface area contributed by atoms with Gasteiger partial charge in [-0.2, -0.15) is 5.10 Å². The molecule has 1 amide bonds. The highest BCUT2D eigenvalue weighted by Gasteiger charge is 2.25. The molecule has 4 rings (SSSR count). The maximum Gasteiger partial charge on any atom is 0.274 e. The molecule has 3 aromatic rings. The van der Waals surface area contributed by atoms with Crippen molar-refractivity contribution in [1.82, 2.24) is 20.0 Å². The maximum atomic E-state index is 12.7. The normalized spacial score (nSPS) is 16.4. The number of hydrogen-bond acceptors (Lipinski definition) is 5. The first-order chi connectivity index (χ1) is 13.2. The van der Waals surface area contributed by atoms with Crippen LogP contribution in [0.15, 0.2) is 59.2 Å². The van der Waals surface area contributed by atoms with Gasteiger partial charge in [0.1, 0.15) is 5.69 Å². The zero-order chi connectivity index (χ0) is 18.6. The van der Waals surface area contributed by atoms with Crippen LogP contribution in [0.5, 0.6) is 0 Å². The summed E-state index contributed by atoms with van der Waals surface area (Å²) in [5, 5.41) is 17.3. The minimum Gasteiger partial charge on any atom is -0.463 e. The van der Waals surface area contributed by atoms with Crippen LogP contribution in [0.25, 0.3) is 11.5 Å². The molecule has 0 radical (unpaired) electrons. The molecule has 1 fully saturated rings. The van der Waals surface area contributed by atoms with E-state index in [0.29, 0.717) is 36.8 Å². The van der Waals surface area contributed by atoms with Gasteiger partial charge in [-0.15, -0.1) is 0 Å². The fraction of sp³-hybridized carbons (Fsp3) is 0.300. The Labute approximate surface area is 157 Å². The molecule has 1 aromatic carbocycles. The highest BCUT2D eigenvalue weighted by Crippen LogP contribution is 2.19. The van der Waals surface area contributed by atoms with Crippen LogP contribution in [0, 0.1) is 0 Å². The van der Waals surface area contributed by atoms with Crippen molar-refractivity contribution in [2.45, 2.75) is 6.10 Å². The van der Waals surface area contributed by atoms with Gasteiger partial charge in [0, 0.05) is 38.8 Å². The number of piperazine rings is 1. The molecule has 7 heteroatoms. The molecule has 1 unspecified atom stereocenters. The Bertz CT molecular complexity index is 868. The van der Waals surface area contributed by atoms with E-state index < -0.39 is 6.10 Å². The number of aromatic nitrogens is 2. The number of rotatable bonds is 5. The summed E-state index contributed by atoms with van der Waals surface area (Å²) in [5.41, 5.74) is 1.99. The number of carbonyl (C=O) groups is 1. The number of nitrogens with one attached hydrogen (secondary N) is 1. The molecule has 140 valence electrons. The van der Waals surface area contributed by atoms with Gasteiger partial charge in [-0.05, 0) is 17.7 Å². The van der Waals surface area contributed by atoms with Crippen LogP contribution < -0.4 is 0 Å². The number of furan rings is 1. The quantitative estimate of drug-likeness (QED) is 0.723. The van der Waals surface area contributed by atoms with Crippen LogP contribution in [0.1, 0.15) is 22.2 Å². The van der Waals surface area contributed by atoms with Crippen LogP contribution in [-0.4, -0.2) is 63.7 Å². The van der Waals surface area contributed by atoms with Gasteiger partial charge >= 0.3 is 0 Å². The topological polar surface area (TPSA) is 85.6 Å². The van der Waals surface area contributed by atoms with Gasteiger partial charge in [0.05, 0.1) is 12.4 Å². The number of amides is 1. The lowest BCUT2D eigenvalue weighted by Crippen LogP contribution is -2.49. The molecule has 0 saturated carbocycles. The lowest BCUT2D eigenvalue weighted by atomic mass is 10.1. The molecule has 0 spiro atoms. The molecule has 3 heterocycles. The van der Waals surface area contributed by atoms with Gasteiger partial charge < -0.3 is 14.4 Å². The molecule has 27 heavy (non-hydrogen) atoms. The van der Waals surface area contributed by atoms with E-state index >= 15 is 0 Å². The van der Waals surface area contributed by atoms with E-state index in [9.17, 15) is 9.90 Å². The molecule has 0 aliphatic carbocycles. The number of carbonyl (C=O) groups excluding carboxylic acids is 1. The fourth-order valence-corrected chi connectivity index (χ4v) is 3.31. The van der Waals surface area contributed by atoms with Gasteiger partial charge in [0.25, 0.3) is 5.91 Å². The van der Waals surface area contributed by atoms with Crippen LogP contribution in [0.4, 0.5) is 0 Å². The van der Waals surface area contributed by atoms with Crippen molar-refractivity contribution in [3.05, 3.63) is 66.1 Å². The standard InChI is InChI=1S/C20H22N4O3/c25-18(15-5-2-1-3-6-15)14-23-8-10-24(11-9-23)20(26)17-13-16(21-22-17)19-7-4-12-27-19/h1-7,12-13,18,25H,8-11,14H2,(H,21,22). The summed E-state index contributed by atoms with van der Waals surface area (Å²) in [6.45, 7) is 3.25. The van der Waals surface area contributed by atoms with E-state index in [4.69, 9.17) is 4.42 Å². The van der Waals surface area contributed by atoms with Crippen molar-refractivity contribution >= 4 is 5.91 Å². The van der Waals surface area contributed by atoms with E-state index in [2.05, 4.69) is 15.1 Å². The van der Waals surface area contributed by atoms with Crippen molar-refractivity contribution in [3.8, 4) is 11.5 Å². The molecule has 1 aliphatic rings. The fourth-order valence-electron chi connectivity index (χ4n) is 3.31. The number of H-pyrrole nitrogens is 1. The Morgan fingerprint density at radius 1 is 1.15 bits per heavy atom. The van der Waals surface area contributed by atoms with Crippen molar-refractivity contribution < 1.29 is 14.3 Å². The van der Waals surface area contributed by atoms with Gasteiger partial charge in [-0.25, -0.2) is 0 Å². The minimum absolute atomic E-state index is 0.0905. The third-order valence-electron chi connectivity index (χ3n) is 4.86. The molecular formula is C20H22N4O3. The molecule has 1 atom stereocenters. The van der Waals surface area contributed by atoms with E-state index in [1.54, 1.807) is 23.3 Å². The average Bonchev–Trinajstić information content (AvgIpc) is 3.40. The molecule has 1 aliphatic heterocycles. The second kappa shape index (κ2) is 7.77. The zero-order valence-corrected chi connectivity index (χ0v) is 14.9. The van der Waals surface area contributed by atoms with Crippen molar-refractivity contribution in [2.75, 3.05) is 32.7 Å². The summed E-state index contributed by atoms with van der Waals surface area (Å²) >= 11 is 0. The Balaban J connectivity index is 1.32. The Morgan fingerprint density at radius 3 is 2.63 bits per heavy atom. The SMILES string of the molecule is O=C(c1cc(-c2ccco2)[nH]n1)N1CCN(CC(O)c2ccccc2)CC1. The second-order valence-electron chi connectivity index (χ2n) is 6.66. The summed E-state index contributed by atoms with van der Waals surface area (Å²) in [7, 11) is 0. The van der Waals surface area contributed by atoms with Crippen LogP contribution in [0.2, 0.25) is 0 Å². The monoisotopic (exact) mass is 366 g/mol. The largest absolute Gasteiger partial charge is 0.463 e. The molecule has 1 saturated heterocycles. The van der Waals surface area contributed by atoms with E-state index in [1.807, 2.05) is 36.4 Å². The molecule has 0 bridgehead atoms. The smallest absolute Gasteiger partial charge is 0.274 e. The second-order valence-corrected chi connectivity index (χ2v) is 6.66. The first-order valence-electron chi connectivity index (χ1n) is 9.04. The third kappa shape index (κ3) is 3.94. The van der Waals surface area contributed by atoms with E-state index in [0.717, 1.165) is 18.7 Å². The zero-order valence-electron chi connectivity index (χ0n) is 14.9. The van der Waals surface area contributed by atoms with Gasteiger partial charge in [-0.1, -0.05) is 30.3 Å². The van der Waals surface area contributed by atoms with Gasteiger partial charge in [0.2, 0.25) is 0 Å². The first kappa shape index (κ1) is 17.5. The van der Waals surface area contributed by atoms with Crippen molar-refractivity contribution in [3.63, 3.8) is 0 Å². The number of aromatic amines is 1. The highest BCUT2D eigenvalue weighted by atomic mass is 16.3. The van der Waals surface area contributed by atoms with Gasteiger partial charge in [-0.3, -0.25) is 14.8 Å². The summed E-state index contributed by atoms with van der Waals surface area (Å²) in [5.74, 6) is 0.564. The Hall–Kier alpha value is -2.90. The maximum absolute atomic E-state index is 12.7. The number of nitrogens with zero attached hydrogens (tertiary/aromatic N) is 3. The first-order valence-corrected chi connectivity index (χ1v) is 9.04. The van der Waals surface area contributed by atoms with Crippen LogP contribution in [0.3, 0.4) is 0 Å².